The van der Waals surface area contributed by atoms with Gasteiger partial charge in [0.15, 0.2) is 0 Å². The van der Waals surface area contributed by atoms with E-state index in [2.05, 4.69) is 5.32 Å². The number of amides is 1. The number of anilines is 1. The van der Waals surface area contributed by atoms with Gasteiger partial charge in [-0.05, 0) is 60.4 Å². The van der Waals surface area contributed by atoms with Crippen molar-refractivity contribution in [1.82, 2.24) is 0 Å². The number of hydrogen-bond donors (Lipinski definition) is 1. The molecule has 0 heterocycles. The van der Waals surface area contributed by atoms with Crippen molar-refractivity contribution in [3.05, 3.63) is 99.6 Å². The van der Waals surface area contributed by atoms with Gasteiger partial charge in [-0.3, -0.25) is 4.79 Å². The van der Waals surface area contributed by atoms with E-state index in [-0.39, 0.29) is 5.57 Å². The molecule has 150 valence electrons. The second-order valence-electron chi connectivity index (χ2n) is 6.84. The molecule has 0 atom stereocenters. The van der Waals surface area contributed by atoms with E-state index in [1.807, 2.05) is 68.4 Å². The molecule has 1 amide bonds. The normalized spacial score (nSPS) is 10.9. The van der Waals surface area contributed by atoms with Crippen LogP contribution in [0, 0.1) is 25.2 Å². The van der Waals surface area contributed by atoms with Crippen molar-refractivity contribution in [3.8, 4) is 11.8 Å². The van der Waals surface area contributed by atoms with E-state index in [4.69, 9.17) is 16.3 Å². The van der Waals surface area contributed by atoms with Crippen LogP contribution in [-0.4, -0.2) is 5.91 Å². The van der Waals surface area contributed by atoms with Crippen LogP contribution in [-0.2, 0) is 11.4 Å². The lowest BCUT2D eigenvalue weighted by Crippen LogP contribution is -2.14. The van der Waals surface area contributed by atoms with Crippen LogP contribution in [0.2, 0.25) is 5.02 Å². The summed E-state index contributed by atoms with van der Waals surface area (Å²) in [5.41, 5.74) is 4.38. The van der Waals surface area contributed by atoms with Gasteiger partial charge in [-0.2, -0.15) is 5.26 Å². The van der Waals surface area contributed by atoms with E-state index in [0.29, 0.717) is 28.6 Å². The summed E-state index contributed by atoms with van der Waals surface area (Å²) in [6.45, 7) is 4.29. The monoisotopic (exact) mass is 416 g/mol. The molecule has 0 unspecified atom stereocenters. The lowest BCUT2D eigenvalue weighted by molar-refractivity contribution is -0.112. The number of nitrogens with one attached hydrogen (secondary N) is 1. The van der Waals surface area contributed by atoms with Crippen molar-refractivity contribution in [2.45, 2.75) is 20.5 Å². The smallest absolute Gasteiger partial charge is 0.266 e. The van der Waals surface area contributed by atoms with Gasteiger partial charge < -0.3 is 10.1 Å². The fraction of sp³-hybridized carbons (Fsp3) is 0.120. The summed E-state index contributed by atoms with van der Waals surface area (Å²) < 4.78 is 5.76. The van der Waals surface area contributed by atoms with Gasteiger partial charge >= 0.3 is 0 Å². The van der Waals surface area contributed by atoms with Crippen LogP contribution in [0.1, 0.15) is 22.3 Å². The van der Waals surface area contributed by atoms with Gasteiger partial charge in [-0.1, -0.05) is 60.1 Å². The summed E-state index contributed by atoms with van der Waals surface area (Å²) in [6, 6.07) is 22.5. The number of halogens is 1. The second kappa shape index (κ2) is 9.78. The third-order valence-electron chi connectivity index (χ3n) is 4.72. The number of carbonyl (C=O) groups is 1. The molecule has 0 aliphatic heterocycles. The minimum Gasteiger partial charge on any atom is -0.487 e. The molecule has 0 spiro atoms. The molecule has 0 saturated carbocycles. The van der Waals surface area contributed by atoms with Gasteiger partial charge in [-0.25, -0.2) is 0 Å². The molecule has 0 bridgehead atoms. The quantitative estimate of drug-likeness (QED) is 0.391. The number of ether oxygens (including phenoxy) is 1. The first-order valence-electron chi connectivity index (χ1n) is 9.43. The molecular formula is C25H21ClN2O2. The molecule has 0 saturated heterocycles. The van der Waals surface area contributed by atoms with E-state index >= 15 is 0 Å². The second-order valence-corrected chi connectivity index (χ2v) is 7.24. The lowest BCUT2D eigenvalue weighted by atomic mass is 10.1. The van der Waals surface area contributed by atoms with Gasteiger partial charge in [0.25, 0.3) is 5.91 Å². The highest BCUT2D eigenvalue weighted by atomic mass is 35.5. The molecule has 4 nitrogen and oxygen atoms in total. The van der Waals surface area contributed by atoms with Crippen molar-refractivity contribution in [1.29, 1.82) is 5.26 Å². The Morgan fingerprint density at radius 3 is 2.57 bits per heavy atom. The average Bonchev–Trinajstić information content (AvgIpc) is 2.75. The van der Waals surface area contributed by atoms with Crippen LogP contribution in [0.3, 0.4) is 0 Å². The van der Waals surface area contributed by atoms with Crippen LogP contribution >= 0.6 is 11.6 Å². The van der Waals surface area contributed by atoms with Crippen molar-refractivity contribution in [2.75, 3.05) is 5.32 Å². The van der Waals surface area contributed by atoms with E-state index in [1.54, 1.807) is 18.2 Å². The SMILES string of the molecule is Cc1cccc(NC(=O)/C(C#N)=C/c2ccc(OCc3ccccc3)c(Cl)c2)c1C. The van der Waals surface area contributed by atoms with Crippen molar-refractivity contribution >= 4 is 29.3 Å². The zero-order valence-electron chi connectivity index (χ0n) is 16.8. The zero-order valence-corrected chi connectivity index (χ0v) is 17.5. The Bertz CT molecular complexity index is 1130. The number of aryl methyl sites for hydroxylation is 1. The topological polar surface area (TPSA) is 62.1 Å². The molecule has 0 fully saturated rings. The van der Waals surface area contributed by atoms with Gasteiger partial charge in [0, 0.05) is 5.69 Å². The van der Waals surface area contributed by atoms with Crippen LogP contribution < -0.4 is 10.1 Å². The molecule has 30 heavy (non-hydrogen) atoms. The number of nitriles is 1. The Balaban J connectivity index is 1.73. The van der Waals surface area contributed by atoms with Crippen LogP contribution in [0.4, 0.5) is 5.69 Å². The summed E-state index contributed by atoms with van der Waals surface area (Å²) in [7, 11) is 0. The third kappa shape index (κ3) is 5.28. The Morgan fingerprint density at radius 1 is 1.10 bits per heavy atom. The molecule has 5 heteroatoms. The van der Waals surface area contributed by atoms with E-state index in [9.17, 15) is 10.1 Å². The van der Waals surface area contributed by atoms with E-state index in [0.717, 1.165) is 16.7 Å². The van der Waals surface area contributed by atoms with Crippen LogP contribution in [0.5, 0.6) is 5.75 Å². The molecule has 3 aromatic carbocycles. The van der Waals surface area contributed by atoms with Crippen LogP contribution in [0.15, 0.2) is 72.3 Å². The highest BCUT2D eigenvalue weighted by Gasteiger charge is 2.12. The van der Waals surface area contributed by atoms with Gasteiger partial charge in [-0.15, -0.1) is 0 Å². The maximum atomic E-state index is 12.6. The lowest BCUT2D eigenvalue weighted by Gasteiger charge is -2.10. The third-order valence-corrected chi connectivity index (χ3v) is 5.02. The first-order valence-corrected chi connectivity index (χ1v) is 9.81. The number of rotatable bonds is 6. The number of hydrogen-bond acceptors (Lipinski definition) is 3. The Labute approximate surface area is 181 Å². The standard InChI is InChI=1S/C25H21ClN2O2/c1-17-7-6-10-23(18(17)2)28-25(29)21(15-27)13-20-11-12-24(22(26)14-20)30-16-19-8-4-3-5-9-19/h3-14H,16H2,1-2H3,(H,28,29)/b21-13+. The van der Waals surface area contributed by atoms with Gasteiger partial charge in [0.05, 0.1) is 5.02 Å². The predicted molar refractivity (Wildman–Crippen MR) is 120 cm³/mol. The fourth-order valence-corrected chi connectivity index (χ4v) is 3.09. The van der Waals surface area contributed by atoms with Crippen molar-refractivity contribution in [2.24, 2.45) is 0 Å². The summed E-state index contributed by atoms with van der Waals surface area (Å²) in [5, 5.41) is 12.7. The average molecular weight is 417 g/mol. The molecule has 0 aliphatic rings. The molecule has 0 radical (unpaired) electrons. The Kier molecular flexibility index (Phi) is 6.90. The Morgan fingerprint density at radius 2 is 1.87 bits per heavy atom. The van der Waals surface area contributed by atoms with E-state index in [1.165, 1.54) is 6.08 Å². The van der Waals surface area contributed by atoms with Gasteiger partial charge in [0.1, 0.15) is 24.0 Å². The molecule has 0 aromatic heterocycles. The maximum Gasteiger partial charge on any atom is 0.266 e. The highest BCUT2D eigenvalue weighted by molar-refractivity contribution is 6.32. The first-order chi connectivity index (χ1) is 14.5. The number of benzene rings is 3. The van der Waals surface area contributed by atoms with E-state index < -0.39 is 5.91 Å². The molecule has 0 aliphatic carbocycles. The molecule has 3 aromatic rings. The number of nitrogens with zero attached hydrogens (tertiary/aromatic N) is 1. The van der Waals surface area contributed by atoms with Crippen molar-refractivity contribution < 1.29 is 9.53 Å². The Hall–Kier alpha value is -3.55. The first kappa shape index (κ1) is 21.2. The summed E-state index contributed by atoms with van der Waals surface area (Å²) in [6.07, 6.45) is 1.51. The summed E-state index contributed by atoms with van der Waals surface area (Å²) in [5.74, 6) is 0.0720. The predicted octanol–water partition coefficient (Wildman–Crippen LogP) is 6.08. The minimum atomic E-state index is -0.466. The minimum absolute atomic E-state index is 0.00933. The maximum absolute atomic E-state index is 12.6. The fourth-order valence-electron chi connectivity index (χ4n) is 2.85. The summed E-state index contributed by atoms with van der Waals surface area (Å²) >= 11 is 6.33. The van der Waals surface area contributed by atoms with Gasteiger partial charge in [0.2, 0.25) is 0 Å². The highest BCUT2D eigenvalue weighted by Crippen LogP contribution is 2.27. The molecular weight excluding hydrogens is 396 g/mol. The summed E-state index contributed by atoms with van der Waals surface area (Å²) in [4.78, 5) is 12.6. The largest absolute Gasteiger partial charge is 0.487 e. The molecule has 3 rings (SSSR count). The van der Waals surface area contributed by atoms with Crippen LogP contribution in [0.25, 0.3) is 6.08 Å². The van der Waals surface area contributed by atoms with Crippen molar-refractivity contribution in [3.63, 3.8) is 0 Å². The number of carbonyl (C=O) groups excluding carboxylic acids is 1. The molecule has 1 N–H and O–H groups in total. The zero-order chi connectivity index (χ0) is 21.5.